The lowest BCUT2D eigenvalue weighted by molar-refractivity contribution is -0.158. The van der Waals surface area contributed by atoms with Crippen LogP contribution in [0.2, 0.25) is 0 Å². The second kappa shape index (κ2) is 16.1. The minimum absolute atomic E-state index is 0.0335. The second-order valence-corrected chi connectivity index (χ2v) is 7.33. The van der Waals surface area contributed by atoms with Gasteiger partial charge in [-0.1, -0.05) is 36.4 Å². The van der Waals surface area contributed by atoms with Crippen LogP contribution in [0.4, 0.5) is 9.59 Å². The Hall–Kier alpha value is -4.61. The normalized spacial score (nSPS) is 10.8. The molecule has 0 fully saturated rings. The van der Waals surface area contributed by atoms with Crippen molar-refractivity contribution in [3.05, 3.63) is 60.7 Å². The van der Waals surface area contributed by atoms with E-state index >= 15 is 0 Å². The van der Waals surface area contributed by atoms with Crippen LogP contribution in [0.1, 0.15) is 12.8 Å². The summed E-state index contributed by atoms with van der Waals surface area (Å²) in [6.45, 7) is -0.495. The number of hydrogen-bond donors (Lipinski definition) is 2. The number of nitrogens with one attached hydrogen (secondary N) is 2. The lowest BCUT2D eigenvalue weighted by Gasteiger charge is -2.15. The van der Waals surface area contributed by atoms with Gasteiger partial charge in [0.2, 0.25) is 0 Å². The van der Waals surface area contributed by atoms with Gasteiger partial charge in [0.15, 0.2) is 0 Å². The average Bonchev–Trinajstić information content (AvgIpc) is 2.89. The Labute approximate surface area is 213 Å². The van der Waals surface area contributed by atoms with Crippen molar-refractivity contribution in [2.75, 3.05) is 33.4 Å². The van der Waals surface area contributed by atoms with Crippen LogP contribution in [0, 0.1) is 5.92 Å². The minimum atomic E-state index is -1.16. The summed E-state index contributed by atoms with van der Waals surface area (Å²) in [6, 6.07) is 16.8. The number of benzene rings is 2. The topological polar surface area (TPSA) is 156 Å². The van der Waals surface area contributed by atoms with E-state index in [9.17, 15) is 24.0 Å². The summed E-state index contributed by atoms with van der Waals surface area (Å²) in [5, 5.41) is 4.82. The third-order valence-electron chi connectivity index (χ3n) is 4.54. The van der Waals surface area contributed by atoms with Crippen molar-refractivity contribution in [2.45, 2.75) is 12.8 Å². The minimum Gasteiger partial charge on any atom is -0.469 e. The van der Waals surface area contributed by atoms with Crippen molar-refractivity contribution in [2.24, 2.45) is 5.92 Å². The van der Waals surface area contributed by atoms with Crippen molar-refractivity contribution in [1.29, 1.82) is 0 Å². The first-order chi connectivity index (χ1) is 17.9. The van der Waals surface area contributed by atoms with Crippen molar-refractivity contribution in [3.8, 4) is 11.5 Å². The van der Waals surface area contributed by atoms with Gasteiger partial charge in [0.05, 0.1) is 39.0 Å². The Morgan fingerprint density at radius 3 is 1.62 bits per heavy atom. The molecule has 1 unspecified atom stereocenters. The first-order valence-corrected chi connectivity index (χ1v) is 11.3. The van der Waals surface area contributed by atoms with E-state index in [0.717, 1.165) is 7.11 Å². The predicted molar refractivity (Wildman–Crippen MR) is 128 cm³/mol. The molecule has 0 saturated carbocycles. The zero-order chi connectivity index (χ0) is 26.9. The van der Waals surface area contributed by atoms with Crippen molar-refractivity contribution < 1.29 is 47.7 Å². The number of hydrogen-bond acceptors (Lipinski definition) is 10. The van der Waals surface area contributed by atoms with Crippen LogP contribution in [0.5, 0.6) is 11.5 Å². The summed E-state index contributed by atoms with van der Waals surface area (Å²) in [6.07, 6.45) is -2.32. The van der Waals surface area contributed by atoms with Gasteiger partial charge in [-0.2, -0.15) is 0 Å². The Morgan fingerprint density at radius 1 is 0.676 bits per heavy atom. The molecule has 2 aromatic rings. The first kappa shape index (κ1) is 28.6. The van der Waals surface area contributed by atoms with E-state index in [4.69, 9.17) is 18.9 Å². The van der Waals surface area contributed by atoms with E-state index < -0.39 is 48.9 Å². The molecule has 0 aliphatic carbocycles. The first-order valence-electron chi connectivity index (χ1n) is 11.3. The van der Waals surface area contributed by atoms with Crippen molar-refractivity contribution >= 4 is 30.1 Å². The fourth-order valence-electron chi connectivity index (χ4n) is 2.79. The van der Waals surface area contributed by atoms with Gasteiger partial charge in [0, 0.05) is 0 Å². The van der Waals surface area contributed by atoms with Gasteiger partial charge in [-0.05, 0) is 24.3 Å². The van der Waals surface area contributed by atoms with Gasteiger partial charge < -0.3 is 34.3 Å². The van der Waals surface area contributed by atoms with Crippen LogP contribution in [0.3, 0.4) is 0 Å². The molecule has 0 aromatic heterocycles. The number of methoxy groups -OCH3 is 1. The molecule has 0 bridgehead atoms. The van der Waals surface area contributed by atoms with E-state index in [-0.39, 0.29) is 26.3 Å². The number of carbonyl (C=O) groups excluding carboxylic acids is 5. The predicted octanol–water partition coefficient (Wildman–Crippen LogP) is 2.22. The third-order valence-corrected chi connectivity index (χ3v) is 4.54. The molecule has 0 aliphatic rings. The summed E-state index contributed by atoms with van der Waals surface area (Å²) in [5.41, 5.74) is 0. The van der Waals surface area contributed by atoms with E-state index in [1.54, 1.807) is 60.7 Å². The van der Waals surface area contributed by atoms with Gasteiger partial charge in [-0.15, -0.1) is 0 Å². The fraction of sp³-hybridized carbons (Fsp3) is 0.320. The van der Waals surface area contributed by atoms with Crippen LogP contribution in [-0.4, -0.2) is 63.5 Å². The zero-order valence-electron chi connectivity index (χ0n) is 20.2. The molecule has 1 atom stereocenters. The molecule has 0 heterocycles. The summed E-state index contributed by atoms with van der Waals surface area (Å²) in [7, 11) is 1.14. The number of para-hydroxylation sites is 2. The summed E-state index contributed by atoms with van der Waals surface area (Å²) in [5.74, 6) is -2.81. The summed E-state index contributed by atoms with van der Waals surface area (Å²) < 4.78 is 24.7. The van der Waals surface area contributed by atoms with Crippen LogP contribution < -0.4 is 20.1 Å². The molecular weight excluding hydrogens is 488 g/mol. The number of ether oxygens (including phenoxy) is 5. The number of esters is 3. The average molecular weight is 517 g/mol. The number of carbonyl (C=O) groups is 5. The van der Waals surface area contributed by atoms with E-state index in [1.807, 2.05) is 0 Å². The third kappa shape index (κ3) is 12.1. The molecule has 0 aliphatic heterocycles. The molecule has 2 rings (SSSR count). The Balaban J connectivity index is 1.69. The van der Waals surface area contributed by atoms with Crippen molar-refractivity contribution in [3.63, 3.8) is 0 Å². The molecule has 0 spiro atoms. The highest BCUT2D eigenvalue weighted by atomic mass is 16.6. The van der Waals surface area contributed by atoms with E-state index in [2.05, 4.69) is 15.4 Å². The largest absolute Gasteiger partial charge is 0.469 e. The van der Waals surface area contributed by atoms with Crippen LogP contribution in [-0.2, 0) is 28.6 Å². The molecule has 12 heteroatoms. The second-order valence-electron chi connectivity index (χ2n) is 7.33. The maximum atomic E-state index is 12.4. The molecule has 12 nitrogen and oxygen atoms in total. The lowest BCUT2D eigenvalue weighted by atomic mass is 10.0. The molecule has 0 radical (unpaired) electrons. The maximum Gasteiger partial charge on any atom is 0.412 e. The van der Waals surface area contributed by atoms with Crippen LogP contribution in [0.25, 0.3) is 0 Å². The molecule has 0 saturated heterocycles. The Bertz CT molecular complexity index is 1030. The molecular formula is C25H28N2O10. The van der Waals surface area contributed by atoms with Gasteiger partial charge in [-0.3, -0.25) is 14.4 Å². The zero-order valence-corrected chi connectivity index (χ0v) is 20.2. The molecule has 2 aromatic carbocycles. The summed E-state index contributed by atoms with van der Waals surface area (Å²) in [4.78, 5) is 59.7. The highest BCUT2D eigenvalue weighted by Crippen LogP contribution is 2.14. The monoisotopic (exact) mass is 516 g/mol. The maximum absolute atomic E-state index is 12.4. The van der Waals surface area contributed by atoms with Gasteiger partial charge in [-0.25, -0.2) is 9.59 Å². The highest BCUT2D eigenvalue weighted by Gasteiger charge is 2.27. The number of amides is 2. The summed E-state index contributed by atoms with van der Waals surface area (Å²) >= 11 is 0. The van der Waals surface area contributed by atoms with Crippen molar-refractivity contribution in [1.82, 2.24) is 10.6 Å². The molecule has 2 N–H and O–H groups in total. The molecule has 2 amide bonds. The Kier molecular flexibility index (Phi) is 12.5. The van der Waals surface area contributed by atoms with Gasteiger partial charge in [0.25, 0.3) is 0 Å². The number of rotatable bonds is 13. The quantitative estimate of drug-likeness (QED) is 0.230. The lowest BCUT2D eigenvalue weighted by Crippen LogP contribution is -2.33. The Morgan fingerprint density at radius 2 is 1.14 bits per heavy atom. The SMILES string of the molecule is COC(=O)CC(CC(=O)OCCNC(=O)Oc1ccccc1)C(=O)OCCNC(=O)Oc1ccccc1. The standard InChI is InChI=1S/C25H28N2O10/c1-33-21(28)16-18(23(30)35-15-13-27-25(32)37-20-10-6-3-7-11-20)17-22(29)34-14-12-26-24(31)36-19-8-4-2-5-9-19/h2-11,18H,12-17H2,1H3,(H,26,31)(H,27,32). The smallest absolute Gasteiger partial charge is 0.412 e. The fourth-order valence-corrected chi connectivity index (χ4v) is 2.79. The van der Waals surface area contributed by atoms with Crippen LogP contribution >= 0.6 is 0 Å². The van der Waals surface area contributed by atoms with Gasteiger partial charge >= 0.3 is 30.1 Å². The van der Waals surface area contributed by atoms with E-state index in [0.29, 0.717) is 11.5 Å². The molecule has 198 valence electrons. The van der Waals surface area contributed by atoms with Crippen LogP contribution in [0.15, 0.2) is 60.7 Å². The van der Waals surface area contributed by atoms with E-state index in [1.165, 1.54) is 0 Å². The molecule has 37 heavy (non-hydrogen) atoms. The highest BCUT2D eigenvalue weighted by molar-refractivity contribution is 5.84. The van der Waals surface area contributed by atoms with Gasteiger partial charge in [0.1, 0.15) is 24.7 Å².